The number of anilines is 1. The highest BCUT2D eigenvalue weighted by Gasteiger charge is 1.92. The normalized spacial score (nSPS) is 10.8. The Morgan fingerprint density at radius 2 is 1.86 bits per heavy atom. The molecule has 0 aliphatic rings. The van der Waals surface area contributed by atoms with Crippen LogP contribution in [0.1, 0.15) is 12.0 Å². The van der Waals surface area contributed by atoms with E-state index in [1.807, 2.05) is 26.2 Å². The molecule has 0 heterocycles. The average Bonchev–Trinajstić information content (AvgIpc) is 2.19. The van der Waals surface area contributed by atoms with E-state index in [1.54, 1.807) is 0 Å². The SMILES string of the molecule is CN(C)c1ccc(/C=C/CCO)cc1. The van der Waals surface area contributed by atoms with Crippen LogP contribution in [-0.2, 0) is 0 Å². The van der Waals surface area contributed by atoms with Crippen molar-refractivity contribution in [3.8, 4) is 0 Å². The molecule has 0 aromatic heterocycles. The maximum Gasteiger partial charge on any atom is 0.0465 e. The number of nitrogens with zero attached hydrogens (tertiary/aromatic N) is 1. The number of benzene rings is 1. The molecule has 1 aromatic rings. The van der Waals surface area contributed by atoms with Crippen LogP contribution in [-0.4, -0.2) is 25.8 Å². The van der Waals surface area contributed by atoms with E-state index in [1.165, 1.54) is 11.3 Å². The molecular weight excluding hydrogens is 174 g/mol. The summed E-state index contributed by atoms with van der Waals surface area (Å²) in [6, 6.07) is 8.31. The molecule has 0 radical (unpaired) electrons. The summed E-state index contributed by atoms with van der Waals surface area (Å²) < 4.78 is 0. The summed E-state index contributed by atoms with van der Waals surface area (Å²) >= 11 is 0. The molecule has 1 rings (SSSR count). The van der Waals surface area contributed by atoms with Gasteiger partial charge in [-0.2, -0.15) is 0 Å². The van der Waals surface area contributed by atoms with E-state index in [4.69, 9.17) is 5.11 Å². The highest BCUT2D eigenvalue weighted by atomic mass is 16.2. The molecule has 0 saturated carbocycles. The van der Waals surface area contributed by atoms with Gasteiger partial charge in [0.15, 0.2) is 0 Å². The van der Waals surface area contributed by atoms with Crippen molar-refractivity contribution in [2.24, 2.45) is 0 Å². The number of aliphatic hydroxyl groups is 1. The molecule has 0 spiro atoms. The molecule has 0 amide bonds. The predicted molar refractivity (Wildman–Crippen MR) is 61.5 cm³/mol. The maximum absolute atomic E-state index is 8.60. The zero-order valence-electron chi connectivity index (χ0n) is 8.77. The van der Waals surface area contributed by atoms with Crippen molar-refractivity contribution in [2.45, 2.75) is 6.42 Å². The van der Waals surface area contributed by atoms with Crippen LogP contribution < -0.4 is 4.90 Å². The molecule has 1 N–H and O–H groups in total. The Balaban J connectivity index is 2.64. The molecule has 0 unspecified atom stereocenters. The van der Waals surface area contributed by atoms with Gasteiger partial charge in [-0.3, -0.25) is 0 Å². The Morgan fingerprint density at radius 1 is 1.21 bits per heavy atom. The lowest BCUT2D eigenvalue weighted by atomic mass is 10.2. The Hall–Kier alpha value is -1.28. The summed E-state index contributed by atoms with van der Waals surface area (Å²) in [6.07, 6.45) is 4.72. The molecule has 0 aliphatic carbocycles. The van der Waals surface area contributed by atoms with Gasteiger partial charge in [-0.15, -0.1) is 0 Å². The summed E-state index contributed by atoms with van der Waals surface area (Å²) in [5.41, 5.74) is 2.37. The average molecular weight is 191 g/mol. The minimum absolute atomic E-state index is 0.215. The Bertz CT molecular complexity index is 288. The van der Waals surface area contributed by atoms with Crippen LogP contribution in [0.5, 0.6) is 0 Å². The first kappa shape index (κ1) is 10.8. The molecule has 0 aliphatic heterocycles. The number of hydrogen-bond donors (Lipinski definition) is 1. The fourth-order valence-corrected chi connectivity index (χ4v) is 1.18. The van der Waals surface area contributed by atoms with Gasteiger partial charge < -0.3 is 10.0 Å². The third-order valence-electron chi connectivity index (χ3n) is 2.02. The highest BCUT2D eigenvalue weighted by molar-refractivity contribution is 5.55. The van der Waals surface area contributed by atoms with Gasteiger partial charge in [0.2, 0.25) is 0 Å². The summed E-state index contributed by atoms with van der Waals surface area (Å²) in [7, 11) is 4.05. The Kier molecular flexibility index (Phi) is 4.20. The highest BCUT2D eigenvalue weighted by Crippen LogP contribution is 2.13. The first-order valence-corrected chi connectivity index (χ1v) is 4.79. The van der Waals surface area contributed by atoms with Gasteiger partial charge in [0.1, 0.15) is 0 Å². The van der Waals surface area contributed by atoms with Gasteiger partial charge >= 0.3 is 0 Å². The van der Waals surface area contributed by atoms with Gasteiger partial charge in [0, 0.05) is 26.4 Å². The van der Waals surface area contributed by atoms with Crippen molar-refractivity contribution < 1.29 is 5.11 Å². The van der Waals surface area contributed by atoms with Gasteiger partial charge in [-0.25, -0.2) is 0 Å². The molecule has 14 heavy (non-hydrogen) atoms. The van der Waals surface area contributed by atoms with E-state index in [-0.39, 0.29) is 6.61 Å². The second kappa shape index (κ2) is 5.45. The summed E-state index contributed by atoms with van der Waals surface area (Å²) in [5, 5.41) is 8.60. The number of hydrogen-bond acceptors (Lipinski definition) is 2. The largest absolute Gasteiger partial charge is 0.396 e. The molecule has 1 aromatic carbocycles. The summed E-state index contributed by atoms with van der Waals surface area (Å²) in [4.78, 5) is 2.07. The second-order valence-corrected chi connectivity index (χ2v) is 3.40. The van der Waals surface area contributed by atoms with Crippen molar-refractivity contribution in [3.05, 3.63) is 35.9 Å². The van der Waals surface area contributed by atoms with Crippen LogP contribution in [0.3, 0.4) is 0 Å². The molecule has 76 valence electrons. The standard InChI is InChI=1S/C12H17NO/c1-13(2)12-8-6-11(7-9-12)5-3-4-10-14/h3,5-9,14H,4,10H2,1-2H3/b5-3+. The van der Waals surface area contributed by atoms with E-state index in [0.29, 0.717) is 0 Å². The van der Waals surface area contributed by atoms with Crippen molar-refractivity contribution in [1.82, 2.24) is 0 Å². The zero-order chi connectivity index (χ0) is 10.4. The van der Waals surface area contributed by atoms with Crippen LogP contribution in [0.4, 0.5) is 5.69 Å². The first-order valence-electron chi connectivity index (χ1n) is 4.79. The third kappa shape index (κ3) is 3.23. The van der Waals surface area contributed by atoms with E-state index >= 15 is 0 Å². The monoisotopic (exact) mass is 191 g/mol. The third-order valence-corrected chi connectivity index (χ3v) is 2.02. The summed E-state index contributed by atoms with van der Waals surface area (Å²) in [6.45, 7) is 0.215. The van der Waals surface area contributed by atoms with Crippen molar-refractivity contribution in [1.29, 1.82) is 0 Å². The molecule has 2 nitrogen and oxygen atoms in total. The van der Waals surface area contributed by atoms with E-state index in [2.05, 4.69) is 29.2 Å². The molecule has 0 saturated heterocycles. The predicted octanol–water partition coefficient (Wildman–Crippen LogP) is 2.15. The lowest BCUT2D eigenvalue weighted by molar-refractivity contribution is 0.303. The topological polar surface area (TPSA) is 23.5 Å². The van der Waals surface area contributed by atoms with Crippen LogP contribution in [0.25, 0.3) is 6.08 Å². The minimum atomic E-state index is 0.215. The van der Waals surface area contributed by atoms with Crippen LogP contribution in [0, 0.1) is 0 Å². The lowest BCUT2D eigenvalue weighted by Crippen LogP contribution is -2.07. The first-order chi connectivity index (χ1) is 6.74. The van der Waals surface area contributed by atoms with Crippen LogP contribution in [0.2, 0.25) is 0 Å². The smallest absolute Gasteiger partial charge is 0.0465 e. The van der Waals surface area contributed by atoms with Crippen molar-refractivity contribution in [3.63, 3.8) is 0 Å². The second-order valence-electron chi connectivity index (χ2n) is 3.40. The Morgan fingerprint density at radius 3 is 2.36 bits per heavy atom. The van der Waals surface area contributed by atoms with Crippen LogP contribution in [0.15, 0.2) is 30.3 Å². The van der Waals surface area contributed by atoms with Gasteiger partial charge in [0.25, 0.3) is 0 Å². The molecular formula is C12H17NO. The number of aliphatic hydroxyl groups excluding tert-OH is 1. The number of rotatable bonds is 4. The maximum atomic E-state index is 8.60. The van der Waals surface area contributed by atoms with Crippen molar-refractivity contribution in [2.75, 3.05) is 25.6 Å². The molecule has 0 bridgehead atoms. The van der Waals surface area contributed by atoms with E-state index in [0.717, 1.165) is 6.42 Å². The van der Waals surface area contributed by atoms with Gasteiger partial charge in [0.05, 0.1) is 0 Å². The molecule has 0 atom stereocenters. The van der Waals surface area contributed by atoms with Gasteiger partial charge in [-0.1, -0.05) is 24.3 Å². The van der Waals surface area contributed by atoms with Gasteiger partial charge in [-0.05, 0) is 24.1 Å². The van der Waals surface area contributed by atoms with E-state index < -0.39 is 0 Å². The molecule has 0 fully saturated rings. The van der Waals surface area contributed by atoms with E-state index in [9.17, 15) is 0 Å². The fraction of sp³-hybridized carbons (Fsp3) is 0.333. The molecule has 2 heteroatoms. The quantitative estimate of drug-likeness (QED) is 0.788. The lowest BCUT2D eigenvalue weighted by Gasteiger charge is -2.11. The summed E-state index contributed by atoms with van der Waals surface area (Å²) in [5.74, 6) is 0. The van der Waals surface area contributed by atoms with Crippen LogP contribution >= 0.6 is 0 Å². The van der Waals surface area contributed by atoms with Crippen molar-refractivity contribution >= 4 is 11.8 Å². The minimum Gasteiger partial charge on any atom is -0.396 e. The Labute approximate surface area is 85.5 Å². The zero-order valence-corrected chi connectivity index (χ0v) is 8.77. The fourth-order valence-electron chi connectivity index (χ4n) is 1.18.